The predicted octanol–water partition coefficient (Wildman–Crippen LogP) is 0.269. The quantitative estimate of drug-likeness (QED) is 0.788. The lowest BCUT2D eigenvalue weighted by Gasteiger charge is -2.34. The first-order valence-corrected chi connectivity index (χ1v) is 8.66. The van der Waals surface area contributed by atoms with Gasteiger partial charge in [0.25, 0.3) is 11.8 Å². The molecule has 1 aromatic carbocycles. The Morgan fingerprint density at radius 3 is 2.36 bits per heavy atom. The molecule has 0 N–H and O–H groups in total. The van der Waals surface area contributed by atoms with Gasteiger partial charge in [-0.05, 0) is 18.7 Å². The molecule has 0 saturated carbocycles. The molecular formula is C18H24N4O3. The number of amides is 3. The van der Waals surface area contributed by atoms with Crippen molar-refractivity contribution in [2.45, 2.75) is 6.92 Å². The lowest BCUT2D eigenvalue weighted by molar-refractivity contribution is -0.127. The van der Waals surface area contributed by atoms with E-state index in [0.29, 0.717) is 11.3 Å². The highest BCUT2D eigenvalue weighted by Gasteiger charge is 2.34. The van der Waals surface area contributed by atoms with Crippen molar-refractivity contribution in [1.29, 1.82) is 0 Å². The smallest absolute Gasteiger partial charge is 0.256 e. The number of piperazine rings is 1. The van der Waals surface area contributed by atoms with E-state index in [1.54, 1.807) is 31.3 Å². The standard InChI is InChI=1S/C18H24N4O3/c1-3-20-8-10-21(11-9-20)13-17(24)22-15-7-5-4-6-14(15)18(25)19(2)12-16(22)23/h4-7H,3,8-13H2,1-2H3. The molecule has 25 heavy (non-hydrogen) atoms. The van der Waals surface area contributed by atoms with Crippen LogP contribution >= 0.6 is 0 Å². The third-order valence-corrected chi connectivity index (χ3v) is 4.86. The molecule has 1 aromatic rings. The normalized spacial score (nSPS) is 19.8. The molecule has 3 rings (SSSR count). The van der Waals surface area contributed by atoms with Crippen molar-refractivity contribution < 1.29 is 14.4 Å². The highest BCUT2D eigenvalue weighted by Crippen LogP contribution is 2.25. The summed E-state index contributed by atoms with van der Waals surface area (Å²) in [5.41, 5.74) is 0.777. The number of rotatable bonds is 3. The number of imide groups is 1. The number of fused-ring (bicyclic) bond motifs is 1. The third-order valence-electron chi connectivity index (χ3n) is 4.86. The second kappa shape index (κ2) is 7.33. The minimum Gasteiger partial charge on any atom is -0.332 e. The van der Waals surface area contributed by atoms with Gasteiger partial charge in [-0.25, -0.2) is 4.90 Å². The summed E-state index contributed by atoms with van der Waals surface area (Å²) in [6, 6.07) is 6.81. The summed E-state index contributed by atoms with van der Waals surface area (Å²) in [6.07, 6.45) is 0. The van der Waals surface area contributed by atoms with Crippen molar-refractivity contribution in [3.63, 3.8) is 0 Å². The summed E-state index contributed by atoms with van der Waals surface area (Å²) >= 11 is 0. The zero-order chi connectivity index (χ0) is 18.0. The highest BCUT2D eigenvalue weighted by molar-refractivity contribution is 6.21. The van der Waals surface area contributed by atoms with Crippen LogP contribution in [0.3, 0.4) is 0 Å². The first-order chi connectivity index (χ1) is 12.0. The Morgan fingerprint density at radius 1 is 1.04 bits per heavy atom. The van der Waals surface area contributed by atoms with E-state index in [4.69, 9.17) is 0 Å². The first kappa shape index (κ1) is 17.6. The molecule has 0 spiro atoms. The Kier molecular flexibility index (Phi) is 5.15. The van der Waals surface area contributed by atoms with Crippen LogP contribution in [0, 0.1) is 0 Å². The molecule has 7 heteroatoms. The summed E-state index contributed by atoms with van der Waals surface area (Å²) in [5.74, 6) is -0.876. The summed E-state index contributed by atoms with van der Waals surface area (Å²) < 4.78 is 0. The van der Waals surface area contributed by atoms with Gasteiger partial charge in [0.05, 0.1) is 17.8 Å². The van der Waals surface area contributed by atoms with E-state index >= 15 is 0 Å². The Balaban J connectivity index is 1.80. The molecule has 0 unspecified atom stereocenters. The van der Waals surface area contributed by atoms with E-state index in [2.05, 4.69) is 16.7 Å². The number of nitrogens with zero attached hydrogens (tertiary/aromatic N) is 4. The molecule has 1 saturated heterocycles. The molecule has 0 bridgehead atoms. The second-order valence-electron chi connectivity index (χ2n) is 6.51. The molecule has 2 aliphatic rings. The maximum absolute atomic E-state index is 12.9. The van der Waals surface area contributed by atoms with Gasteiger partial charge in [-0.1, -0.05) is 19.1 Å². The third kappa shape index (κ3) is 3.57. The van der Waals surface area contributed by atoms with E-state index in [9.17, 15) is 14.4 Å². The Bertz CT molecular complexity index is 683. The molecule has 0 aromatic heterocycles. The maximum Gasteiger partial charge on any atom is 0.256 e. The zero-order valence-corrected chi connectivity index (χ0v) is 14.8. The number of para-hydroxylation sites is 1. The van der Waals surface area contributed by atoms with Crippen molar-refractivity contribution in [3.8, 4) is 0 Å². The van der Waals surface area contributed by atoms with Crippen LogP contribution in [0.1, 0.15) is 17.3 Å². The molecular weight excluding hydrogens is 320 g/mol. The summed E-state index contributed by atoms with van der Waals surface area (Å²) in [7, 11) is 1.58. The second-order valence-corrected chi connectivity index (χ2v) is 6.51. The molecule has 3 amide bonds. The largest absolute Gasteiger partial charge is 0.332 e. The van der Waals surface area contributed by atoms with Gasteiger partial charge in [0.1, 0.15) is 6.54 Å². The first-order valence-electron chi connectivity index (χ1n) is 8.66. The molecule has 0 radical (unpaired) electrons. The minimum absolute atomic E-state index is 0.0944. The van der Waals surface area contributed by atoms with Gasteiger partial charge in [0.15, 0.2) is 0 Å². The number of benzene rings is 1. The van der Waals surface area contributed by atoms with Gasteiger partial charge >= 0.3 is 0 Å². The fraction of sp³-hybridized carbons (Fsp3) is 0.500. The average molecular weight is 344 g/mol. The Morgan fingerprint density at radius 2 is 1.68 bits per heavy atom. The van der Waals surface area contributed by atoms with E-state index < -0.39 is 0 Å². The van der Waals surface area contributed by atoms with Crippen LogP contribution < -0.4 is 4.90 Å². The monoisotopic (exact) mass is 344 g/mol. The number of likely N-dealkylation sites (N-methyl/N-ethyl adjacent to an activating group) is 2. The molecule has 0 aliphatic carbocycles. The fourth-order valence-electron chi connectivity index (χ4n) is 3.33. The van der Waals surface area contributed by atoms with Crippen molar-refractivity contribution >= 4 is 23.4 Å². The Hall–Kier alpha value is -2.25. The molecule has 1 fully saturated rings. The van der Waals surface area contributed by atoms with E-state index in [1.807, 2.05) is 0 Å². The highest BCUT2D eigenvalue weighted by atomic mass is 16.2. The van der Waals surface area contributed by atoms with Crippen molar-refractivity contribution in [2.24, 2.45) is 0 Å². The SMILES string of the molecule is CCN1CCN(CC(=O)N2C(=O)CN(C)C(=O)c3ccccc32)CC1. The van der Waals surface area contributed by atoms with Gasteiger partial charge in [0.2, 0.25) is 5.91 Å². The fourth-order valence-corrected chi connectivity index (χ4v) is 3.33. The zero-order valence-electron chi connectivity index (χ0n) is 14.8. The van der Waals surface area contributed by atoms with Gasteiger partial charge in [-0.15, -0.1) is 0 Å². The van der Waals surface area contributed by atoms with Crippen molar-refractivity contribution in [3.05, 3.63) is 29.8 Å². The van der Waals surface area contributed by atoms with Crippen LogP contribution in [0.15, 0.2) is 24.3 Å². The average Bonchev–Trinajstić information content (AvgIpc) is 2.71. The van der Waals surface area contributed by atoms with Crippen LogP contribution in [0.5, 0.6) is 0 Å². The molecule has 2 aliphatic heterocycles. The maximum atomic E-state index is 12.9. The van der Waals surface area contributed by atoms with Crippen molar-refractivity contribution in [2.75, 3.05) is 57.8 Å². The van der Waals surface area contributed by atoms with Crippen LogP contribution in [-0.4, -0.2) is 85.3 Å². The lowest BCUT2D eigenvalue weighted by Crippen LogP contribution is -2.51. The molecule has 2 heterocycles. The number of carbonyl (C=O) groups is 3. The summed E-state index contributed by atoms with van der Waals surface area (Å²) in [4.78, 5) is 44.8. The van der Waals surface area contributed by atoms with E-state index in [-0.39, 0.29) is 30.8 Å². The van der Waals surface area contributed by atoms with E-state index in [0.717, 1.165) is 32.7 Å². The van der Waals surface area contributed by atoms with Crippen LogP contribution in [0.25, 0.3) is 0 Å². The summed E-state index contributed by atoms with van der Waals surface area (Å²) in [5, 5.41) is 0. The van der Waals surface area contributed by atoms with Crippen LogP contribution in [-0.2, 0) is 9.59 Å². The number of hydrogen-bond donors (Lipinski definition) is 0. The number of hydrogen-bond acceptors (Lipinski definition) is 5. The Labute approximate surface area is 147 Å². The van der Waals surface area contributed by atoms with Crippen LogP contribution in [0.4, 0.5) is 5.69 Å². The van der Waals surface area contributed by atoms with Gasteiger partial charge < -0.3 is 9.80 Å². The predicted molar refractivity (Wildman–Crippen MR) is 94.4 cm³/mol. The van der Waals surface area contributed by atoms with E-state index in [1.165, 1.54) is 9.80 Å². The number of anilines is 1. The molecule has 134 valence electrons. The topological polar surface area (TPSA) is 64.2 Å². The molecule has 0 atom stereocenters. The van der Waals surface area contributed by atoms with Gasteiger partial charge in [0, 0.05) is 33.2 Å². The molecule has 7 nitrogen and oxygen atoms in total. The van der Waals surface area contributed by atoms with Gasteiger partial charge in [-0.2, -0.15) is 0 Å². The summed E-state index contributed by atoms with van der Waals surface area (Å²) in [6.45, 7) is 6.70. The number of carbonyl (C=O) groups excluding carboxylic acids is 3. The van der Waals surface area contributed by atoms with Crippen molar-refractivity contribution in [1.82, 2.24) is 14.7 Å². The lowest BCUT2D eigenvalue weighted by atomic mass is 10.1. The minimum atomic E-state index is -0.363. The van der Waals surface area contributed by atoms with Gasteiger partial charge in [-0.3, -0.25) is 19.3 Å². The van der Waals surface area contributed by atoms with Crippen LogP contribution in [0.2, 0.25) is 0 Å².